The number of oxazole rings is 1. The van der Waals surface area contributed by atoms with Gasteiger partial charge in [0.15, 0.2) is 0 Å². The normalized spacial score (nSPS) is 12.0. The van der Waals surface area contributed by atoms with Crippen LogP contribution >= 0.6 is 0 Å². The van der Waals surface area contributed by atoms with E-state index in [9.17, 15) is 13.6 Å². The maximum Gasteiger partial charge on any atom is 0.226 e. The standard InChI is InChI=1S/C28H24F2N4O3/c1-16-3-5-18(6-4-16)28-32-15-24(37-28)23(11-17-9-20(29)13-21(30)10-17)33-25(35)12-19-14-31-22-7-8-26(36-2)34-27(19)22/h3-10,13-15,23,31H,11-12H2,1-2H3,(H,33,35). The number of aromatic amines is 1. The van der Waals surface area contributed by atoms with Crippen LogP contribution in [0.2, 0.25) is 0 Å². The minimum atomic E-state index is -0.715. The predicted molar refractivity (Wildman–Crippen MR) is 134 cm³/mol. The van der Waals surface area contributed by atoms with Gasteiger partial charge in [0, 0.05) is 35.9 Å². The topological polar surface area (TPSA) is 93.0 Å². The van der Waals surface area contributed by atoms with E-state index in [1.54, 1.807) is 12.3 Å². The first-order valence-electron chi connectivity index (χ1n) is 11.7. The molecule has 5 aromatic rings. The third-order valence-electron chi connectivity index (χ3n) is 6.00. The molecular weight excluding hydrogens is 478 g/mol. The molecule has 5 rings (SSSR count). The van der Waals surface area contributed by atoms with Crippen LogP contribution in [0.5, 0.6) is 5.88 Å². The van der Waals surface area contributed by atoms with Crippen LogP contribution in [-0.2, 0) is 17.6 Å². The molecule has 1 unspecified atom stereocenters. The summed E-state index contributed by atoms with van der Waals surface area (Å²) < 4.78 is 39.0. The molecule has 0 bridgehead atoms. The fourth-order valence-electron chi connectivity index (χ4n) is 4.17. The molecule has 0 aliphatic carbocycles. The number of methoxy groups -OCH3 is 1. The molecule has 9 heteroatoms. The molecule has 0 aliphatic rings. The van der Waals surface area contributed by atoms with Crippen molar-refractivity contribution in [3.05, 3.63) is 101 Å². The Bertz CT molecular complexity index is 1540. The number of carbonyl (C=O) groups excluding carboxylic acids is 1. The third-order valence-corrected chi connectivity index (χ3v) is 6.00. The van der Waals surface area contributed by atoms with Crippen molar-refractivity contribution in [2.45, 2.75) is 25.8 Å². The molecule has 1 atom stereocenters. The lowest BCUT2D eigenvalue weighted by Gasteiger charge is -2.17. The van der Waals surface area contributed by atoms with E-state index in [2.05, 4.69) is 20.3 Å². The predicted octanol–water partition coefficient (Wildman–Crippen LogP) is 5.46. The Labute approximate surface area is 211 Å². The van der Waals surface area contributed by atoms with Crippen molar-refractivity contribution in [1.82, 2.24) is 20.3 Å². The molecule has 3 heterocycles. The Hall–Kier alpha value is -4.53. The maximum atomic E-state index is 13.9. The van der Waals surface area contributed by atoms with Gasteiger partial charge in [-0.05, 0) is 42.8 Å². The SMILES string of the molecule is COc1ccc2[nH]cc(CC(=O)NC(Cc3cc(F)cc(F)c3)c3cnc(-c4ccc(C)cc4)o3)c2n1. The number of rotatable bonds is 8. The van der Waals surface area contributed by atoms with Gasteiger partial charge in [-0.3, -0.25) is 4.79 Å². The Morgan fingerprint density at radius 1 is 1.11 bits per heavy atom. The molecule has 2 aromatic carbocycles. The number of pyridine rings is 1. The number of amides is 1. The molecule has 188 valence electrons. The summed E-state index contributed by atoms with van der Waals surface area (Å²) in [5.41, 5.74) is 4.32. The van der Waals surface area contributed by atoms with Crippen LogP contribution < -0.4 is 10.1 Å². The number of H-pyrrole nitrogens is 1. The third kappa shape index (κ3) is 5.50. The van der Waals surface area contributed by atoms with Crippen LogP contribution in [0.4, 0.5) is 8.78 Å². The van der Waals surface area contributed by atoms with Gasteiger partial charge in [-0.25, -0.2) is 18.7 Å². The summed E-state index contributed by atoms with van der Waals surface area (Å²) in [6.07, 6.45) is 3.36. The van der Waals surface area contributed by atoms with Gasteiger partial charge in [0.05, 0.1) is 36.8 Å². The summed E-state index contributed by atoms with van der Waals surface area (Å²) in [6, 6.07) is 13.8. The average molecular weight is 503 g/mol. The van der Waals surface area contributed by atoms with E-state index in [1.165, 1.54) is 25.4 Å². The van der Waals surface area contributed by atoms with Crippen molar-refractivity contribution in [2.24, 2.45) is 0 Å². The molecule has 2 N–H and O–H groups in total. The monoisotopic (exact) mass is 502 g/mol. The van der Waals surface area contributed by atoms with Gasteiger partial charge in [0.2, 0.25) is 17.7 Å². The average Bonchev–Trinajstić information content (AvgIpc) is 3.51. The largest absolute Gasteiger partial charge is 0.481 e. The molecule has 0 radical (unpaired) electrons. The van der Waals surface area contributed by atoms with Gasteiger partial charge in [0.1, 0.15) is 17.4 Å². The number of nitrogens with zero attached hydrogens (tertiary/aromatic N) is 2. The van der Waals surface area contributed by atoms with Crippen molar-refractivity contribution in [3.63, 3.8) is 0 Å². The summed E-state index contributed by atoms with van der Waals surface area (Å²) in [5, 5.41) is 2.94. The van der Waals surface area contributed by atoms with Crippen LogP contribution in [-0.4, -0.2) is 28.0 Å². The summed E-state index contributed by atoms with van der Waals surface area (Å²) >= 11 is 0. The number of halogens is 2. The highest BCUT2D eigenvalue weighted by atomic mass is 19.1. The van der Waals surface area contributed by atoms with Crippen molar-refractivity contribution >= 4 is 16.9 Å². The number of fused-ring (bicyclic) bond motifs is 1. The summed E-state index contributed by atoms with van der Waals surface area (Å²) in [4.78, 5) is 25.0. The van der Waals surface area contributed by atoms with E-state index in [1.807, 2.05) is 37.3 Å². The summed E-state index contributed by atoms with van der Waals surface area (Å²) in [5.74, 6) is -0.528. The van der Waals surface area contributed by atoms with Crippen molar-refractivity contribution in [2.75, 3.05) is 7.11 Å². The van der Waals surface area contributed by atoms with Crippen molar-refractivity contribution < 1.29 is 22.7 Å². The first kappa shape index (κ1) is 24.2. The van der Waals surface area contributed by atoms with E-state index in [0.29, 0.717) is 34.2 Å². The second-order valence-electron chi connectivity index (χ2n) is 8.78. The first-order chi connectivity index (χ1) is 17.9. The Balaban J connectivity index is 1.41. The van der Waals surface area contributed by atoms with Gasteiger partial charge >= 0.3 is 0 Å². The molecule has 0 aliphatic heterocycles. The minimum absolute atomic E-state index is 0.0210. The fourth-order valence-corrected chi connectivity index (χ4v) is 4.17. The molecule has 0 saturated heterocycles. The fraction of sp³-hybridized carbons (Fsp3) is 0.179. The first-order valence-corrected chi connectivity index (χ1v) is 11.7. The van der Waals surface area contributed by atoms with Crippen LogP contribution in [0, 0.1) is 18.6 Å². The zero-order valence-electron chi connectivity index (χ0n) is 20.2. The number of hydrogen-bond acceptors (Lipinski definition) is 5. The lowest BCUT2D eigenvalue weighted by molar-refractivity contribution is -0.121. The van der Waals surface area contributed by atoms with Crippen LogP contribution in [0.3, 0.4) is 0 Å². The zero-order valence-corrected chi connectivity index (χ0v) is 20.2. The molecule has 0 spiro atoms. The Morgan fingerprint density at radius 3 is 2.59 bits per heavy atom. The maximum absolute atomic E-state index is 13.9. The van der Waals surface area contributed by atoms with Crippen LogP contribution in [0.25, 0.3) is 22.5 Å². The summed E-state index contributed by atoms with van der Waals surface area (Å²) in [6.45, 7) is 1.98. The van der Waals surface area contributed by atoms with Crippen molar-refractivity contribution in [3.8, 4) is 17.3 Å². The highest BCUT2D eigenvalue weighted by molar-refractivity contribution is 5.87. The number of hydrogen-bond donors (Lipinski definition) is 2. The molecule has 0 fully saturated rings. The van der Waals surface area contributed by atoms with Gasteiger partial charge in [0.25, 0.3) is 0 Å². The number of aryl methyl sites for hydroxylation is 1. The molecule has 1 amide bonds. The van der Waals surface area contributed by atoms with Gasteiger partial charge in [-0.1, -0.05) is 17.7 Å². The lowest BCUT2D eigenvalue weighted by Crippen LogP contribution is -2.31. The molecule has 3 aromatic heterocycles. The number of nitrogens with one attached hydrogen (secondary N) is 2. The second-order valence-corrected chi connectivity index (χ2v) is 8.78. The summed E-state index contributed by atoms with van der Waals surface area (Å²) in [7, 11) is 1.52. The number of ether oxygens (including phenoxy) is 1. The highest BCUT2D eigenvalue weighted by Crippen LogP contribution is 2.26. The van der Waals surface area contributed by atoms with Gasteiger partial charge in [-0.2, -0.15) is 0 Å². The smallest absolute Gasteiger partial charge is 0.226 e. The quantitative estimate of drug-likeness (QED) is 0.294. The van der Waals surface area contributed by atoms with Crippen LogP contribution in [0.15, 0.2) is 71.4 Å². The molecule has 37 heavy (non-hydrogen) atoms. The number of aromatic nitrogens is 3. The molecule has 7 nitrogen and oxygen atoms in total. The lowest BCUT2D eigenvalue weighted by atomic mass is 10.0. The second kappa shape index (κ2) is 10.2. The number of benzene rings is 2. The van der Waals surface area contributed by atoms with E-state index in [-0.39, 0.29) is 18.7 Å². The van der Waals surface area contributed by atoms with E-state index in [4.69, 9.17) is 9.15 Å². The minimum Gasteiger partial charge on any atom is -0.481 e. The molecular formula is C28H24F2N4O3. The highest BCUT2D eigenvalue weighted by Gasteiger charge is 2.22. The van der Waals surface area contributed by atoms with Gasteiger partial charge < -0.3 is 19.5 Å². The Kier molecular flexibility index (Phi) is 6.68. The van der Waals surface area contributed by atoms with Crippen LogP contribution in [0.1, 0.15) is 28.5 Å². The zero-order chi connectivity index (χ0) is 25.9. The van der Waals surface area contributed by atoms with E-state index >= 15 is 0 Å². The van der Waals surface area contributed by atoms with Gasteiger partial charge in [-0.15, -0.1) is 0 Å². The Morgan fingerprint density at radius 2 is 1.86 bits per heavy atom. The molecule has 0 saturated carbocycles. The van der Waals surface area contributed by atoms with Crippen molar-refractivity contribution in [1.29, 1.82) is 0 Å². The number of carbonyl (C=O) groups is 1. The van der Waals surface area contributed by atoms with E-state index < -0.39 is 17.7 Å². The van der Waals surface area contributed by atoms with E-state index in [0.717, 1.165) is 22.7 Å².